The molecule has 1 heterocycles. The normalized spacial score (nSPS) is 28.7. The standard InChI is InChI=1S/C14H25F3N2/c1-18-13(11-5-2-3-6-11)10-19-8-4-7-12(9-19)14(15,16)17/h11-13,18H,2-10H2,1H3. The Balaban J connectivity index is 1.86. The number of likely N-dealkylation sites (N-methyl/N-ethyl adjacent to an activating group) is 1. The summed E-state index contributed by atoms with van der Waals surface area (Å²) in [6.45, 7) is 1.78. The highest BCUT2D eigenvalue weighted by atomic mass is 19.4. The first kappa shape index (κ1) is 15.1. The lowest BCUT2D eigenvalue weighted by Crippen LogP contribution is -2.49. The van der Waals surface area contributed by atoms with Crippen LogP contribution in [0.1, 0.15) is 38.5 Å². The van der Waals surface area contributed by atoms with Crippen LogP contribution in [-0.2, 0) is 0 Å². The van der Waals surface area contributed by atoms with Crippen molar-refractivity contribution in [3.8, 4) is 0 Å². The van der Waals surface area contributed by atoms with Gasteiger partial charge in [-0.05, 0) is 45.2 Å². The van der Waals surface area contributed by atoms with Crippen molar-refractivity contribution in [3.05, 3.63) is 0 Å². The van der Waals surface area contributed by atoms with Crippen molar-refractivity contribution in [1.82, 2.24) is 10.2 Å². The Morgan fingerprint density at radius 3 is 2.42 bits per heavy atom. The Labute approximate surface area is 113 Å². The van der Waals surface area contributed by atoms with E-state index >= 15 is 0 Å². The van der Waals surface area contributed by atoms with Crippen molar-refractivity contribution in [1.29, 1.82) is 0 Å². The van der Waals surface area contributed by atoms with E-state index in [0.29, 0.717) is 24.8 Å². The number of alkyl halides is 3. The molecule has 0 bridgehead atoms. The Bertz CT molecular complexity index is 274. The molecule has 0 aromatic rings. The molecule has 1 aliphatic carbocycles. The fourth-order valence-electron chi connectivity index (χ4n) is 3.60. The average Bonchev–Trinajstić information content (AvgIpc) is 2.89. The number of hydrogen-bond donors (Lipinski definition) is 1. The zero-order valence-electron chi connectivity index (χ0n) is 11.7. The Hall–Kier alpha value is -0.290. The highest BCUT2D eigenvalue weighted by Crippen LogP contribution is 2.34. The second kappa shape index (κ2) is 6.44. The monoisotopic (exact) mass is 278 g/mol. The molecule has 1 saturated heterocycles. The van der Waals surface area contributed by atoms with E-state index in [0.717, 1.165) is 13.1 Å². The minimum atomic E-state index is -4.03. The molecule has 2 nitrogen and oxygen atoms in total. The van der Waals surface area contributed by atoms with Gasteiger partial charge in [0.1, 0.15) is 0 Å². The molecule has 1 saturated carbocycles. The van der Waals surface area contributed by atoms with Gasteiger partial charge in [-0.2, -0.15) is 13.2 Å². The summed E-state index contributed by atoms with van der Waals surface area (Å²) in [5, 5.41) is 3.32. The van der Waals surface area contributed by atoms with Crippen LogP contribution in [0.5, 0.6) is 0 Å². The van der Waals surface area contributed by atoms with E-state index in [2.05, 4.69) is 5.32 Å². The maximum Gasteiger partial charge on any atom is 0.393 e. The summed E-state index contributed by atoms with van der Waals surface area (Å²) >= 11 is 0. The lowest BCUT2D eigenvalue weighted by atomic mass is 9.94. The fraction of sp³-hybridized carbons (Fsp3) is 1.00. The zero-order chi connectivity index (χ0) is 13.9. The second-order valence-corrected chi connectivity index (χ2v) is 6.08. The quantitative estimate of drug-likeness (QED) is 0.850. The van der Waals surface area contributed by atoms with Crippen LogP contribution in [0.25, 0.3) is 0 Å². The smallest absolute Gasteiger partial charge is 0.315 e. The minimum absolute atomic E-state index is 0.189. The van der Waals surface area contributed by atoms with Crippen LogP contribution in [0.4, 0.5) is 13.2 Å². The number of halogens is 3. The molecule has 0 radical (unpaired) electrons. The SMILES string of the molecule is CNC(CN1CCCC(C(F)(F)F)C1)C1CCCC1. The van der Waals surface area contributed by atoms with Gasteiger partial charge in [0.15, 0.2) is 0 Å². The molecule has 2 fully saturated rings. The third kappa shape index (κ3) is 4.09. The third-order valence-electron chi connectivity index (χ3n) is 4.76. The van der Waals surface area contributed by atoms with Gasteiger partial charge in [-0.25, -0.2) is 0 Å². The molecule has 5 heteroatoms. The molecule has 2 atom stereocenters. The molecule has 2 unspecified atom stereocenters. The van der Waals surface area contributed by atoms with E-state index in [1.165, 1.54) is 25.7 Å². The van der Waals surface area contributed by atoms with E-state index in [9.17, 15) is 13.2 Å². The van der Waals surface area contributed by atoms with E-state index in [4.69, 9.17) is 0 Å². The van der Waals surface area contributed by atoms with Crippen molar-refractivity contribution in [2.75, 3.05) is 26.7 Å². The van der Waals surface area contributed by atoms with Gasteiger partial charge < -0.3 is 10.2 Å². The molecular weight excluding hydrogens is 253 g/mol. The van der Waals surface area contributed by atoms with Gasteiger partial charge in [0.25, 0.3) is 0 Å². The number of rotatable bonds is 4. The number of nitrogens with zero attached hydrogens (tertiary/aromatic N) is 1. The number of nitrogens with one attached hydrogen (secondary N) is 1. The Kier molecular flexibility index (Phi) is 5.12. The average molecular weight is 278 g/mol. The predicted molar refractivity (Wildman–Crippen MR) is 70.0 cm³/mol. The Morgan fingerprint density at radius 2 is 1.84 bits per heavy atom. The van der Waals surface area contributed by atoms with Gasteiger partial charge in [-0.3, -0.25) is 0 Å². The van der Waals surface area contributed by atoms with E-state index in [1.807, 2.05) is 11.9 Å². The maximum absolute atomic E-state index is 12.8. The van der Waals surface area contributed by atoms with Crippen molar-refractivity contribution >= 4 is 0 Å². The van der Waals surface area contributed by atoms with E-state index in [-0.39, 0.29) is 6.54 Å². The van der Waals surface area contributed by atoms with Crippen molar-refractivity contribution in [2.45, 2.75) is 50.7 Å². The minimum Gasteiger partial charge on any atom is -0.315 e. The van der Waals surface area contributed by atoms with Crippen LogP contribution in [0.3, 0.4) is 0 Å². The molecule has 0 spiro atoms. The lowest BCUT2D eigenvalue weighted by molar-refractivity contribution is -0.187. The van der Waals surface area contributed by atoms with Gasteiger partial charge >= 0.3 is 6.18 Å². The molecule has 1 N–H and O–H groups in total. The fourth-order valence-corrected chi connectivity index (χ4v) is 3.60. The summed E-state index contributed by atoms with van der Waals surface area (Å²) in [6, 6.07) is 0.356. The van der Waals surface area contributed by atoms with Crippen LogP contribution in [-0.4, -0.2) is 43.8 Å². The molecule has 112 valence electrons. The van der Waals surface area contributed by atoms with Crippen LogP contribution < -0.4 is 5.32 Å². The first-order valence-electron chi connectivity index (χ1n) is 7.47. The number of likely N-dealkylation sites (tertiary alicyclic amines) is 1. The van der Waals surface area contributed by atoms with Crippen molar-refractivity contribution in [3.63, 3.8) is 0 Å². The second-order valence-electron chi connectivity index (χ2n) is 6.08. The van der Waals surface area contributed by atoms with E-state index in [1.54, 1.807) is 0 Å². The third-order valence-corrected chi connectivity index (χ3v) is 4.76. The van der Waals surface area contributed by atoms with Crippen molar-refractivity contribution in [2.24, 2.45) is 11.8 Å². The molecule has 1 aliphatic heterocycles. The molecule has 0 aromatic heterocycles. The van der Waals surface area contributed by atoms with Gasteiger partial charge in [0.05, 0.1) is 5.92 Å². The van der Waals surface area contributed by atoms with Gasteiger partial charge in [-0.1, -0.05) is 12.8 Å². The Morgan fingerprint density at radius 1 is 1.16 bits per heavy atom. The summed E-state index contributed by atoms with van der Waals surface area (Å²) in [4.78, 5) is 2.02. The maximum atomic E-state index is 12.8. The van der Waals surface area contributed by atoms with Crippen LogP contribution in [0.2, 0.25) is 0 Å². The highest BCUT2D eigenvalue weighted by molar-refractivity contribution is 4.85. The summed E-state index contributed by atoms with van der Waals surface area (Å²) in [5.74, 6) is -0.474. The molecule has 2 rings (SSSR count). The zero-order valence-corrected chi connectivity index (χ0v) is 11.7. The van der Waals surface area contributed by atoms with Crippen LogP contribution in [0.15, 0.2) is 0 Å². The summed E-state index contributed by atoms with van der Waals surface area (Å²) < 4.78 is 38.4. The molecule has 2 aliphatic rings. The number of piperidine rings is 1. The first-order chi connectivity index (χ1) is 9.00. The number of hydrogen-bond acceptors (Lipinski definition) is 2. The van der Waals surface area contributed by atoms with Gasteiger partial charge in [-0.15, -0.1) is 0 Å². The summed E-state index contributed by atoms with van der Waals surface area (Å²) in [7, 11) is 1.94. The topological polar surface area (TPSA) is 15.3 Å². The predicted octanol–water partition coefficient (Wildman–Crippen LogP) is 3.04. The highest BCUT2D eigenvalue weighted by Gasteiger charge is 2.42. The van der Waals surface area contributed by atoms with Crippen LogP contribution in [0, 0.1) is 11.8 Å². The molecule has 19 heavy (non-hydrogen) atoms. The van der Waals surface area contributed by atoms with Gasteiger partial charge in [0.2, 0.25) is 0 Å². The first-order valence-corrected chi connectivity index (χ1v) is 7.47. The summed E-state index contributed by atoms with van der Waals surface area (Å²) in [6.07, 6.45) is 1.94. The molecular formula is C14H25F3N2. The lowest BCUT2D eigenvalue weighted by Gasteiger charge is -2.37. The van der Waals surface area contributed by atoms with E-state index < -0.39 is 12.1 Å². The summed E-state index contributed by atoms with van der Waals surface area (Å²) in [5.41, 5.74) is 0. The largest absolute Gasteiger partial charge is 0.393 e. The van der Waals surface area contributed by atoms with Crippen LogP contribution >= 0.6 is 0 Å². The van der Waals surface area contributed by atoms with Crippen molar-refractivity contribution < 1.29 is 13.2 Å². The van der Waals surface area contributed by atoms with Gasteiger partial charge in [0, 0.05) is 19.1 Å². The molecule has 0 aromatic carbocycles. The molecule has 0 amide bonds.